The molecule has 0 aliphatic carbocycles. The maximum atomic E-state index is 6.04. The normalized spacial score (nSPS) is 11.2. The lowest BCUT2D eigenvalue weighted by Crippen LogP contribution is -2.07. The number of rotatable bonds is 9. The Bertz CT molecular complexity index is 903. The lowest BCUT2D eigenvalue weighted by molar-refractivity contribution is 0.410. The second-order valence-corrected chi connectivity index (χ2v) is 6.89. The minimum absolute atomic E-state index is 0.431. The van der Waals surface area contributed by atoms with Crippen LogP contribution in [0.5, 0.6) is 5.75 Å². The predicted molar refractivity (Wildman–Crippen MR) is 109 cm³/mol. The molecular formula is C21H29N5O. The molecule has 0 spiro atoms. The highest BCUT2D eigenvalue weighted by molar-refractivity contribution is 5.81. The summed E-state index contributed by atoms with van der Waals surface area (Å²) in [7, 11) is 1.72. The van der Waals surface area contributed by atoms with Crippen LogP contribution in [-0.4, -0.2) is 26.6 Å². The highest BCUT2D eigenvalue weighted by Gasteiger charge is 2.16. The van der Waals surface area contributed by atoms with Gasteiger partial charge in [0.2, 0.25) is 0 Å². The molecule has 144 valence electrons. The van der Waals surface area contributed by atoms with Gasteiger partial charge in [0.25, 0.3) is 0 Å². The molecule has 2 aromatic heterocycles. The van der Waals surface area contributed by atoms with Crippen LogP contribution in [0.4, 0.5) is 5.82 Å². The van der Waals surface area contributed by atoms with Crippen molar-refractivity contribution in [3.63, 3.8) is 0 Å². The van der Waals surface area contributed by atoms with Crippen LogP contribution in [0, 0.1) is 0 Å². The third-order valence-corrected chi connectivity index (χ3v) is 4.89. The molecule has 0 aliphatic rings. The Morgan fingerprint density at radius 3 is 2.67 bits per heavy atom. The molecule has 1 aromatic carbocycles. The fourth-order valence-electron chi connectivity index (χ4n) is 3.36. The van der Waals surface area contributed by atoms with Gasteiger partial charge in [-0.15, -0.1) is 0 Å². The summed E-state index contributed by atoms with van der Waals surface area (Å²) in [6, 6.07) is 6.46. The predicted octanol–water partition coefficient (Wildman–Crippen LogP) is 4.15. The van der Waals surface area contributed by atoms with Crippen molar-refractivity contribution >= 4 is 17.0 Å². The number of fused-ring (bicyclic) bond motifs is 1. The Labute approximate surface area is 160 Å². The average Bonchev–Trinajstić information content (AvgIpc) is 3.03. The SMILES string of the molecule is CCCCc1ccc(OC)c(Cc2nc3c(N)ncnc3n2CCCC)c1. The zero-order chi connectivity index (χ0) is 19.2. The molecule has 0 saturated carbocycles. The summed E-state index contributed by atoms with van der Waals surface area (Å²) in [5, 5.41) is 0. The average molecular weight is 367 g/mol. The van der Waals surface area contributed by atoms with Gasteiger partial charge < -0.3 is 15.0 Å². The Morgan fingerprint density at radius 2 is 1.93 bits per heavy atom. The van der Waals surface area contributed by atoms with E-state index in [-0.39, 0.29) is 0 Å². The van der Waals surface area contributed by atoms with Crippen molar-refractivity contribution in [2.24, 2.45) is 0 Å². The summed E-state index contributed by atoms with van der Waals surface area (Å²) in [5.74, 6) is 2.28. The topological polar surface area (TPSA) is 78.8 Å². The van der Waals surface area contributed by atoms with E-state index in [4.69, 9.17) is 15.5 Å². The van der Waals surface area contributed by atoms with Crippen molar-refractivity contribution in [1.29, 1.82) is 0 Å². The van der Waals surface area contributed by atoms with Gasteiger partial charge >= 0.3 is 0 Å². The number of hydrogen-bond donors (Lipinski definition) is 1. The first kappa shape index (κ1) is 19.1. The minimum Gasteiger partial charge on any atom is -0.496 e. The fraction of sp³-hybridized carbons (Fsp3) is 0.476. The van der Waals surface area contributed by atoms with E-state index in [0.717, 1.165) is 48.6 Å². The zero-order valence-electron chi connectivity index (χ0n) is 16.5. The molecule has 2 heterocycles. The molecule has 2 N–H and O–H groups in total. The van der Waals surface area contributed by atoms with Gasteiger partial charge in [0.05, 0.1) is 7.11 Å². The molecule has 0 unspecified atom stereocenters. The highest BCUT2D eigenvalue weighted by Crippen LogP contribution is 2.26. The smallest absolute Gasteiger partial charge is 0.165 e. The Balaban J connectivity index is 2.01. The van der Waals surface area contributed by atoms with Crippen LogP contribution < -0.4 is 10.5 Å². The molecular weight excluding hydrogens is 338 g/mol. The van der Waals surface area contributed by atoms with Crippen molar-refractivity contribution in [3.8, 4) is 5.75 Å². The van der Waals surface area contributed by atoms with E-state index >= 15 is 0 Å². The molecule has 0 saturated heterocycles. The van der Waals surface area contributed by atoms with E-state index in [9.17, 15) is 0 Å². The third-order valence-electron chi connectivity index (χ3n) is 4.89. The van der Waals surface area contributed by atoms with Crippen molar-refractivity contribution in [1.82, 2.24) is 19.5 Å². The van der Waals surface area contributed by atoms with Crippen LogP contribution in [0.15, 0.2) is 24.5 Å². The number of aromatic nitrogens is 4. The number of aryl methyl sites for hydroxylation is 2. The van der Waals surface area contributed by atoms with Crippen LogP contribution >= 0.6 is 0 Å². The number of unbranched alkanes of at least 4 members (excludes halogenated alkanes) is 2. The van der Waals surface area contributed by atoms with Crippen LogP contribution in [0.1, 0.15) is 56.5 Å². The lowest BCUT2D eigenvalue weighted by Gasteiger charge is -2.12. The Hall–Kier alpha value is -2.63. The molecule has 6 nitrogen and oxygen atoms in total. The van der Waals surface area contributed by atoms with E-state index in [1.807, 2.05) is 0 Å². The minimum atomic E-state index is 0.431. The van der Waals surface area contributed by atoms with Gasteiger partial charge in [-0.3, -0.25) is 0 Å². The molecule has 3 rings (SSSR count). The van der Waals surface area contributed by atoms with Crippen LogP contribution in [0.3, 0.4) is 0 Å². The first-order chi connectivity index (χ1) is 13.2. The van der Waals surface area contributed by atoms with Crippen molar-refractivity contribution in [3.05, 3.63) is 41.5 Å². The van der Waals surface area contributed by atoms with Crippen molar-refractivity contribution in [2.75, 3.05) is 12.8 Å². The number of anilines is 1. The summed E-state index contributed by atoms with van der Waals surface area (Å²) in [5.41, 5.74) is 10.0. The summed E-state index contributed by atoms with van der Waals surface area (Å²) >= 11 is 0. The molecule has 0 amide bonds. The summed E-state index contributed by atoms with van der Waals surface area (Å²) < 4.78 is 7.78. The summed E-state index contributed by atoms with van der Waals surface area (Å²) in [6.07, 6.45) is 7.82. The number of nitrogens with zero attached hydrogens (tertiary/aromatic N) is 4. The third kappa shape index (κ3) is 4.21. The number of imidazole rings is 1. The van der Waals surface area contributed by atoms with Crippen LogP contribution in [0.25, 0.3) is 11.2 Å². The molecule has 0 aliphatic heterocycles. The fourth-order valence-corrected chi connectivity index (χ4v) is 3.36. The zero-order valence-corrected chi connectivity index (χ0v) is 16.5. The highest BCUT2D eigenvalue weighted by atomic mass is 16.5. The van der Waals surface area contributed by atoms with Crippen molar-refractivity contribution in [2.45, 2.75) is 58.9 Å². The number of benzene rings is 1. The van der Waals surface area contributed by atoms with Gasteiger partial charge in [0, 0.05) is 18.5 Å². The van der Waals surface area contributed by atoms with Gasteiger partial charge in [-0.05, 0) is 30.9 Å². The number of hydrogen-bond acceptors (Lipinski definition) is 5. The van der Waals surface area contributed by atoms with Crippen molar-refractivity contribution < 1.29 is 4.74 Å². The molecule has 27 heavy (non-hydrogen) atoms. The molecule has 0 fully saturated rings. The van der Waals surface area contributed by atoms with Crippen LogP contribution in [-0.2, 0) is 19.4 Å². The number of nitrogens with two attached hydrogens (primary N) is 1. The maximum Gasteiger partial charge on any atom is 0.165 e. The Morgan fingerprint density at radius 1 is 1.11 bits per heavy atom. The van der Waals surface area contributed by atoms with Gasteiger partial charge in [0.15, 0.2) is 17.0 Å². The second kappa shape index (κ2) is 8.84. The summed E-state index contributed by atoms with van der Waals surface area (Å²) in [6.45, 7) is 5.27. The molecule has 0 atom stereocenters. The van der Waals surface area contributed by atoms with Crippen LogP contribution in [0.2, 0.25) is 0 Å². The maximum absolute atomic E-state index is 6.04. The largest absolute Gasteiger partial charge is 0.496 e. The van der Waals surface area contributed by atoms with E-state index in [2.05, 4.69) is 46.6 Å². The molecule has 6 heteroatoms. The van der Waals surface area contributed by atoms with E-state index in [1.54, 1.807) is 7.11 Å². The van der Waals surface area contributed by atoms with E-state index in [0.29, 0.717) is 17.8 Å². The molecule has 3 aromatic rings. The first-order valence-electron chi connectivity index (χ1n) is 9.79. The summed E-state index contributed by atoms with van der Waals surface area (Å²) in [4.78, 5) is 13.3. The van der Waals surface area contributed by atoms with Gasteiger partial charge in [-0.25, -0.2) is 15.0 Å². The first-order valence-corrected chi connectivity index (χ1v) is 9.79. The number of nitrogen functional groups attached to an aromatic ring is 1. The number of methoxy groups -OCH3 is 1. The van der Waals surface area contributed by atoms with Gasteiger partial charge in [-0.2, -0.15) is 0 Å². The quantitative estimate of drug-likeness (QED) is 0.614. The standard InChI is InChI=1S/C21H29N5O/c1-4-6-8-15-9-10-17(27-3)16(12-15)13-18-25-19-20(22)23-14-24-21(19)26(18)11-7-5-2/h9-10,12,14H,4-8,11,13H2,1-3H3,(H2,22,23,24). The monoisotopic (exact) mass is 367 g/mol. The van der Waals surface area contributed by atoms with E-state index < -0.39 is 0 Å². The van der Waals surface area contributed by atoms with Gasteiger partial charge in [-0.1, -0.05) is 38.8 Å². The second-order valence-electron chi connectivity index (χ2n) is 6.89. The number of ether oxygens (including phenoxy) is 1. The molecule has 0 bridgehead atoms. The Kier molecular flexibility index (Phi) is 6.27. The van der Waals surface area contributed by atoms with Gasteiger partial charge in [0.1, 0.15) is 17.9 Å². The lowest BCUT2D eigenvalue weighted by atomic mass is 10.0. The van der Waals surface area contributed by atoms with E-state index in [1.165, 1.54) is 24.7 Å². The molecule has 0 radical (unpaired) electrons.